The number of halogens is 2. The first-order valence-electron chi connectivity index (χ1n) is 5.25. The van der Waals surface area contributed by atoms with E-state index < -0.39 is 17.4 Å². The molecule has 0 bridgehead atoms. The van der Waals surface area contributed by atoms with Gasteiger partial charge in [-0.25, -0.2) is 8.78 Å². The molecule has 0 spiro atoms. The maximum atomic E-state index is 13.4. The van der Waals surface area contributed by atoms with Gasteiger partial charge in [-0.05, 0) is 18.6 Å². The van der Waals surface area contributed by atoms with Crippen LogP contribution in [0.2, 0.25) is 0 Å². The molecule has 16 heavy (non-hydrogen) atoms. The van der Waals surface area contributed by atoms with Gasteiger partial charge in [0.25, 0.3) is 0 Å². The van der Waals surface area contributed by atoms with Gasteiger partial charge in [-0.15, -0.1) is 0 Å². The molecule has 88 valence electrons. The van der Waals surface area contributed by atoms with Gasteiger partial charge in [-0.1, -0.05) is 13.8 Å². The van der Waals surface area contributed by atoms with Crippen LogP contribution in [-0.2, 0) is 0 Å². The minimum Gasteiger partial charge on any atom is -0.488 e. The second-order valence-corrected chi connectivity index (χ2v) is 3.39. The molecule has 0 heterocycles. The van der Waals surface area contributed by atoms with Gasteiger partial charge in [0.2, 0.25) is 0 Å². The van der Waals surface area contributed by atoms with Crippen LogP contribution in [0.1, 0.15) is 37.0 Å². The molecule has 0 aliphatic carbocycles. The Balaban J connectivity index is 3.02. The van der Waals surface area contributed by atoms with Gasteiger partial charge < -0.3 is 4.74 Å². The summed E-state index contributed by atoms with van der Waals surface area (Å²) in [5, 5.41) is 0. The second-order valence-electron chi connectivity index (χ2n) is 3.39. The first kappa shape index (κ1) is 12.6. The lowest BCUT2D eigenvalue weighted by Gasteiger charge is -2.08. The first-order chi connectivity index (χ1) is 7.60. The minimum absolute atomic E-state index is 0.0429. The van der Waals surface area contributed by atoms with Crippen molar-refractivity contribution in [3.05, 3.63) is 29.3 Å². The summed E-state index contributed by atoms with van der Waals surface area (Å²) in [7, 11) is 0. The van der Waals surface area contributed by atoms with E-state index in [-0.39, 0.29) is 24.4 Å². The number of ether oxygens (including phenoxy) is 1. The highest BCUT2D eigenvalue weighted by Crippen LogP contribution is 2.24. The van der Waals surface area contributed by atoms with E-state index in [1.807, 2.05) is 6.92 Å². The third-order valence-corrected chi connectivity index (χ3v) is 2.09. The Hall–Kier alpha value is -1.45. The lowest BCUT2D eigenvalue weighted by atomic mass is 10.1. The molecule has 0 saturated carbocycles. The number of rotatable bonds is 5. The van der Waals surface area contributed by atoms with Crippen molar-refractivity contribution >= 4 is 5.78 Å². The molecule has 0 saturated heterocycles. The summed E-state index contributed by atoms with van der Waals surface area (Å²) in [6, 6.07) is 2.03. The number of hydrogen-bond acceptors (Lipinski definition) is 2. The molecule has 2 nitrogen and oxygen atoms in total. The SMILES string of the molecule is CCCOc1c(F)cc(C(=O)CC)cc1F. The van der Waals surface area contributed by atoms with Crippen molar-refractivity contribution in [3.63, 3.8) is 0 Å². The molecule has 1 aromatic rings. The summed E-state index contributed by atoms with van der Waals surface area (Å²) in [5.74, 6) is -2.36. The maximum Gasteiger partial charge on any atom is 0.190 e. The standard InChI is InChI=1S/C12H14F2O2/c1-3-5-16-12-9(13)6-8(7-10(12)14)11(15)4-2/h6-7H,3-5H2,1-2H3. The molecule has 0 amide bonds. The number of ketones is 1. The van der Waals surface area contributed by atoms with Crippen LogP contribution in [0.3, 0.4) is 0 Å². The second kappa shape index (κ2) is 5.58. The fraction of sp³-hybridized carbons (Fsp3) is 0.417. The highest BCUT2D eigenvalue weighted by atomic mass is 19.1. The largest absolute Gasteiger partial charge is 0.488 e. The molecule has 0 aliphatic rings. The normalized spacial score (nSPS) is 10.2. The summed E-state index contributed by atoms with van der Waals surface area (Å²) in [6.07, 6.45) is 0.878. The molecule has 0 aromatic heterocycles. The lowest BCUT2D eigenvalue weighted by molar-refractivity contribution is 0.0987. The van der Waals surface area contributed by atoms with Gasteiger partial charge in [0.05, 0.1) is 6.61 Å². The van der Waals surface area contributed by atoms with Crippen LogP contribution in [0.25, 0.3) is 0 Å². The van der Waals surface area contributed by atoms with E-state index in [2.05, 4.69) is 0 Å². The molecular formula is C12H14F2O2. The fourth-order valence-corrected chi connectivity index (χ4v) is 1.27. The van der Waals surface area contributed by atoms with Crippen LogP contribution < -0.4 is 4.74 Å². The minimum atomic E-state index is -0.828. The maximum absolute atomic E-state index is 13.4. The third-order valence-electron chi connectivity index (χ3n) is 2.09. The van der Waals surface area contributed by atoms with Gasteiger partial charge in [0, 0.05) is 12.0 Å². The van der Waals surface area contributed by atoms with Gasteiger partial charge in [-0.3, -0.25) is 4.79 Å². The zero-order chi connectivity index (χ0) is 12.1. The Morgan fingerprint density at radius 1 is 1.25 bits per heavy atom. The summed E-state index contributed by atoms with van der Waals surface area (Å²) in [4.78, 5) is 11.3. The number of carbonyl (C=O) groups excluding carboxylic acids is 1. The van der Waals surface area contributed by atoms with Crippen molar-refractivity contribution < 1.29 is 18.3 Å². The monoisotopic (exact) mass is 228 g/mol. The lowest BCUT2D eigenvalue weighted by Crippen LogP contribution is -2.04. The fourth-order valence-electron chi connectivity index (χ4n) is 1.27. The molecular weight excluding hydrogens is 214 g/mol. The molecule has 0 N–H and O–H groups in total. The van der Waals surface area contributed by atoms with Gasteiger partial charge in [-0.2, -0.15) is 0 Å². The zero-order valence-corrected chi connectivity index (χ0v) is 9.35. The topological polar surface area (TPSA) is 26.3 Å². The van der Waals surface area contributed by atoms with E-state index in [9.17, 15) is 13.6 Å². The summed E-state index contributed by atoms with van der Waals surface area (Å²) in [6.45, 7) is 3.72. The molecule has 0 atom stereocenters. The number of hydrogen-bond donors (Lipinski definition) is 0. The zero-order valence-electron chi connectivity index (χ0n) is 9.35. The summed E-state index contributed by atoms with van der Waals surface area (Å²) in [5.41, 5.74) is 0.0429. The predicted octanol–water partition coefficient (Wildman–Crippen LogP) is 3.35. The van der Waals surface area contributed by atoms with E-state index in [0.717, 1.165) is 12.1 Å². The quantitative estimate of drug-likeness (QED) is 0.722. The van der Waals surface area contributed by atoms with E-state index in [4.69, 9.17) is 4.74 Å². The van der Waals surface area contributed by atoms with Crippen LogP contribution in [0.4, 0.5) is 8.78 Å². The number of carbonyl (C=O) groups is 1. The average Bonchev–Trinajstić information content (AvgIpc) is 2.26. The Kier molecular flexibility index (Phi) is 4.40. The van der Waals surface area contributed by atoms with Crippen LogP contribution in [0.5, 0.6) is 5.75 Å². The summed E-state index contributed by atoms with van der Waals surface area (Å²) < 4.78 is 31.8. The predicted molar refractivity (Wildman–Crippen MR) is 56.8 cm³/mol. The molecule has 0 aliphatic heterocycles. The smallest absolute Gasteiger partial charge is 0.190 e. The Morgan fingerprint density at radius 2 is 1.81 bits per heavy atom. The first-order valence-corrected chi connectivity index (χ1v) is 5.25. The van der Waals surface area contributed by atoms with E-state index >= 15 is 0 Å². The number of Topliss-reactive ketones (excluding diaryl/α,β-unsaturated/α-hetero) is 1. The van der Waals surface area contributed by atoms with Crippen molar-refractivity contribution in [2.24, 2.45) is 0 Å². The van der Waals surface area contributed by atoms with E-state index in [1.54, 1.807) is 6.92 Å². The van der Waals surface area contributed by atoms with Gasteiger partial charge in [0.15, 0.2) is 23.2 Å². The van der Waals surface area contributed by atoms with E-state index in [0.29, 0.717) is 6.42 Å². The Bertz CT molecular complexity index is 366. The Morgan fingerprint density at radius 3 is 2.25 bits per heavy atom. The summed E-state index contributed by atoms with van der Waals surface area (Å²) >= 11 is 0. The number of benzene rings is 1. The van der Waals surface area contributed by atoms with Crippen LogP contribution >= 0.6 is 0 Å². The molecule has 0 unspecified atom stereocenters. The van der Waals surface area contributed by atoms with Gasteiger partial charge in [0.1, 0.15) is 0 Å². The Labute approximate surface area is 93.2 Å². The molecule has 1 rings (SSSR count). The van der Waals surface area contributed by atoms with Crippen molar-refractivity contribution in [3.8, 4) is 5.75 Å². The van der Waals surface area contributed by atoms with E-state index in [1.165, 1.54) is 0 Å². The van der Waals surface area contributed by atoms with Crippen LogP contribution in [0, 0.1) is 11.6 Å². The van der Waals surface area contributed by atoms with Crippen molar-refractivity contribution in [2.45, 2.75) is 26.7 Å². The molecule has 0 radical (unpaired) electrons. The highest BCUT2D eigenvalue weighted by Gasteiger charge is 2.15. The molecule has 0 fully saturated rings. The van der Waals surface area contributed by atoms with Crippen molar-refractivity contribution in [1.29, 1.82) is 0 Å². The van der Waals surface area contributed by atoms with Crippen LogP contribution in [0.15, 0.2) is 12.1 Å². The van der Waals surface area contributed by atoms with Crippen molar-refractivity contribution in [2.75, 3.05) is 6.61 Å². The molecule has 1 aromatic carbocycles. The molecule has 4 heteroatoms. The average molecular weight is 228 g/mol. The van der Waals surface area contributed by atoms with Gasteiger partial charge >= 0.3 is 0 Å². The third kappa shape index (κ3) is 2.78. The van der Waals surface area contributed by atoms with Crippen LogP contribution in [-0.4, -0.2) is 12.4 Å². The van der Waals surface area contributed by atoms with Crippen molar-refractivity contribution in [1.82, 2.24) is 0 Å². The highest BCUT2D eigenvalue weighted by molar-refractivity contribution is 5.96.